The highest BCUT2D eigenvalue weighted by Crippen LogP contribution is 2.37. The molecule has 2 aromatic rings. The zero-order chi connectivity index (χ0) is 22.7. The molecule has 1 unspecified atom stereocenters. The Labute approximate surface area is 205 Å². The monoisotopic (exact) mass is 548 g/mol. The fraction of sp³-hybridized carbons (Fsp3) is 0.500. The Morgan fingerprint density at radius 3 is 2.47 bits per heavy atom. The van der Waals surface area contributed by atoms with Crippen LogP contribution in [0.1, 0.15) is 56.3 Å². The molecule has 1 aliphatic heterocycles. The molecule has 32 heavy (non-hydrogen) atoms. The Morgan fingerprint density at radius 2 is 1.78 bits per heavy atom. The van der Waals surface area contributed by atoms with Gasteiger partial charge in [0.15, 0.2) is 0 Å². The zero-order valence-corrected chi connectivity index (χ0v) is 21.4. The third-order valence-corrected chi connectivity index (χ3v) is 6.84. The number of benzene rings is 2. The average Bonchev–Trinajstić information content (AvgIpc) is 2.77. The van der Waals surface area contributed by atoms with E-state index in [-0.39, 0.29) is 6.09 Å². The fourth-order valence-corrected chi connectivity index (χ4v) is 4.87. The summed E-state index contributed by atoms with van der Waals surface area (Å²) in [5, 5.41) is 0. The maximum Gasteiger partial charge on any atom is 0.410 e. The van der Waals surface area contributed by atoms with Crippen LogP contribution in [0.2, 0.25) is 0 Å². The first-order valence-electron chi connectivity index (χ1n) is 11.5. The number of halogens is 1. The number of amides is 1. The van der Waals surface area contributed by atoms with Crippen molar-refractivity contribution in [2.24, 2.45) is 0 Å². The van der Waals surface area contributed by atoms with Crippen molar-refractivity contribution >= 4 is 28.7 Å². The van der Waals surface area contributed by atoms with Crippen molar-refractivity contribution in [2.45, 2.75) is 58.3 Å². The molecule has 0 N–H and O–H groups in total. The van der Waals surface area contributed by atoms with Gasteiger partial charge in [-0.3, -0.25) is 4.90 Å². The highest BCUT2D eigenvalue weighted by atomic mass is 127. The van der Waals surface area contributed by atoms with E-state index in [1.54, 1.807) is 0 Å². The topological polar surface area (TPSA) is 42.0 Å². The summed E-state index contributed by atoms with van der Waals surface area (Å²) in [5.74, 6) is 0.932. The Morgan fingerprint density at radius 1 is 1.06 bits per heavy atom. The summed E-state index contributed by atoms with van der Waals surface area (Å²) in [4.78, 5) is 16.8. The van der Waals surface area contributed by atoms with Crippen molar-refractivity contribution in [3.8, 4) is 5.75 Å². The molecule has 0 aromatic heterocycles. The van der Waals surface area contributed by atoms with Crippen molar-refractivity contribution in [3.63, 3.8) is 0 Å². The molecule has 1 amide bonds. The molecule has 172 valence electrons. The quantitative estimate of drug-likeness (QED) is 0.453. The molecule has 0 spiro atoms. The molecule has 0 radical (unpaired) electrons. The molecule has 1 heterocycles. The van der Waals surface area contributed by atoms with Gasteiger partial charge in [0.1, 0.15) is 18.0 Å². The first kappa shape index (κ1) is 23.4. The van der Waals surface area contributed by atoms with E-state index in [4.69, 9.17) is 9.47 Å². The molecular formula is C26H33IN2O3. The van der Waals surface area contributed by atoms with E-state index in [0.717, 1.165) is 31.7 Å². The van der Waals surface area contributed by atoms with E-state index in [1.807, 2.05) is 25.7 Å². The molecule has 6 heteroatoms. The predicted molar refractivity (Wildman–Crippen MR) is 135 cm³/mol. The van der Waals surface area contributed by atoms with Crippen LogP contribution in [-0.2, 0) is 17.8 Å². The van der Waals surface area contributed by atoms with Gasteiger partial charge in [0.25, 0.3) is 0 Å². The molecule has 5 nitrogen and oxygen atoms in total. The lowest BCUT2D eigenvalue weighted by atomic mass is 9.86. The lowest BCUT2D eigenvalue weighted by Gasteiger charge is -2.41. The van der Waals surface area contributed by atoms with Gasteiger partial charge in [-0.1, -0.05) is 18.2 Å². The fourth-order valence-electron chi connectivity index (χ4n) is 4.51. The van der Waals surface area contributed by atoms with Crippen LogP contribution in [0.5, 0.6) is 5.75 Å². The van der Waals surface area contributed by atoms with E-state index in [1.165, 1.54) is 26.7 Å². The standard InChI is InChI=1S/C26H33IN2O3/c1-26(2,3)32-25(30)29-15-13-28(14-16-29)24-6-4-5-20-9-12-22(17-23(20)24)31-18-19-7-10-21(27)11-8-19/h7-12,17,24H,4-6,13-16,18H2,1-3H3. The van der Waals surface area contributed by atoms with Crippen LogP contribution in [0.25, 0.3) is 0 Å². The Balaban J connectivity index is 1.40. The van der Waals surface area contributed by atoms with Gasteiger partial charge in [-0.25, -0.2) is 4.79 Å². The van der Waals surface area contributed by atoms with E-state index in [9.17, 15) is 4.79 Å². The van der Waals surface area contributed by atoms with Crippen molar-refractivity contribution in [3.05, 3.63) is 62.7 Å². The molecule has 4 rings (SSSR count). The zero-order valence-electron chi connectivity index (χ0n) is 19.3. The van der Waals surface area contributed by atoms with Gasteiger partial charge < -0.3 is 14.4 Å². The van der Waals surface area contributed by atoms with E-state index in [0.29, 0.717) is 25.7 Å². The largest absolute Gasteiger partial charge is 0.489 e. The summed E-state index contributed by atoms with van der Waals surface area (Å²) < 4.78 is 12.9. The minimum atomic E-state index is -0.453. The van der Waals surface area contributed by atoms with Crippen LogP contribution in [0.15, 0.2) is 42.5 Å². The Hall–Kier alpha value is -1.80. The summed E-state index contributed by atoms with van der Waals surface area (Å²) in [6, 6.07) is 15.4. The molecular weight excluding hydrogens is 515 g/mol. The summed E-state index contributed by atoms with van der Waals surface area (Å²) in [5.41, 5.74) is 3.54. The molecule has 2 aromatic carbocycles. The van der Waals surface area contributed by atoms with E-state index in [2.05, 4.69) is 70.0 Å². The first-order valence-corrected chi connectivity index (χ1v) is 12.6. The minimum Gasteiger partial charge on any atom is -0.489 e. The van der Waals surface area contributed by atoms with Crippen molar-refractivity contribution in [1.82, 2.24) is 9.80 Å². The third kappa shape index (κ3) is 5.95. The van der Waals surface area contributed by atoms with E-state index < -0.39 is 5.60 Å². The Bertz CT molecular complexity index is 931. The van der Waals surface area contributed by atoms with Gasteiger partial charge in [0.05, 0.1) is 0 Å². The second kappa shape index (κ2) is 10.00. The predicted octanol–water partition coefficient (Wildman–Crippen LogP) is 5.80. The van der Waals surface area contributed by atoms with Crippen LogP contribution >= 0.6 is 22.6 Å². The molecule has 1 atom stereocenters. The lowest BCUT2D eigenvalue weighted by molar-refractivity contribution is 0.00926. The van der Waals surface area contributed by atoms with Crippen molar-refractivity contribution in [2.75, 3.05) is 26.2 Å². The Kier molecular flexibility index (Phi) is 7.30. The summed E-state index contributed by atoms with van der Waals surface area (Å²) in [6.07, 6.45) is 3.28. The number of carbonyl (C=O) groups is 1. The summed E-state index contributed by atoms with van der Waals surface area (Å²) in [6.45, 7) is 9.49. The van der Waals surface area contributed by atoms with Gasteiger partial charge in [-0.05, 0) is 104 Å². The van der Waals surface area contributed by atoms with Crippen LogP contribution in [0.4, 0.5) is 4.79 Å². The normalized spacial score (nSPS) is 19.4. The van der Waals surface area contributed by atoms with Gasteiger partial charge in [0.2, 0.25) is 0 Å². The van der Waals surface area contributed by atoms with Gasteiger partial charge in [-0.15, -0.1) is 0 Å². The maximum absolute atomic E-state index is 12.4. The minimum absolute atomic E-state index is 0.201. The number of ether oxygens (including phenoxy) is 2. The number of rotatable bonds is 4. The number of nitrogens with zero attached hydrogens (tertiary/aromatic N) is 2. The third-order valence-electron chi connectivity index (χ3n) is 6.13. The van der Waals surface area contributed by atoms with Crippen LogP contribution in [0, 0.1) is 3.57 Å². The number of hydrogen-bond acceptors (Lipinski definition) is 4. The van der Waals surface area contributed by atoms with Crippen molar-refractivity contribution in [1.29, 1.82) is 0 Å². The average molecular weight is 548 g/mol. The van der Waals surface area contributed by atoms with Crippen molar-refractivity contribution < 1.29 is 14.3 Å². The van der Waals surface area contributed by atoms with Gasteiger partial charge in [0, 0.05) is 35.8 Å². The molecule has 2 aliphatic rings. The number of piperazine rings is 1. The second-order valence-electron chi connectivity index (χ2n) is 9.69. The maximum atomic E-state index is 12.4. The molecule has 1 aliphatic carbocycles. The second-order valence-corrected chi connectivity index (χ2v) is 10.9. The van der Waals surface area contributed by atoms with Gasteiger partial charge in [-0.2, -0.15) is 0 Å². The molecule has 1 saturated heterocycles. The highest BCUT2D eigenvalue weighted by Gasteiger charge is 2.31. The van der Waals surface area contributed by atoms with Crippen LogP contribution in [-0.4, -0.2) is 47.7 Å². The first-order chi connectivity index (χ1) is 15.3. The van der Waals surface area contributed by atoms with E-state index >= 15 is 0 Å². The number of fused-ring (bicyclic) bond motifs is 1. The van der Waals surface area contributed by atoms with Gasteiger partial charge >= 0.3 is 6.09 Å². The van der Waals surface area contributed by atoms with Crippen LogP contribution in [0.3, 0.4) is 0 Å². The van der Waals surface area contributed by atoms with Crippen LogP contribution < -0.4 is 4.74 Å². The molecule has 1 fully saturated rings. The number of hydrogen-bond donors (Lipinski definition) is 0. The molecule has 0 bridgehead atoms. The summed E-state index contributed by atoms with van der Waals surface area (Å²) >= 11 is 2.32. The number of carbonyl (C=O) groups excluding carboxylic acids is 1. The SMILES string of the molecule is CC(C)(C)OC(=O)N1CCN(C2CCCc3ccc(OCc4ccc(I)cc4)cc32)CC1. The summed E-state index contributed by atoms with van der Waals surface area (Å²) in [7, 11) is 0. The molecule has 0 saturated carbocycles. The number of aryl methyl sites for hydroxylation is 1. The highest BCUT2D eigenvalue weighted by molar-refractivity contribution is 14.1. The smallest absolute Gasteiger partial charge is 0.410 e. The lowest BCUT2D eigenvalue weighted by Crippen LogP contribution is -2.51.